The molecule has 0 atom stereocenters. The van der Waals surface area contributed by atoms with Crippen molar-refractivity contribution < 1.29 is 89.3 Å². The van der Waals surface area contributed by atoms with Gasteiger partial charge in [0, 0.05) is 22.6 Å². The molecule has 6 aromatic carbocycles. The van der Waals surface area contributed by atoms with Crippen molar-refractivity contribution in [2.24, 2.45) is 0 Å². The molecule has 6 rings (SSSR count). The first-order chi connectivity index (χ1) is 24.7. The second-order valence-corrected chi connectivity index (χ2v) is 10.3. The van der Waals surface area contributed by atoms with Crippen LogP contribution in [-0.4, -0.2) is 17.4 Å². The normalized spacial score (nSPS) is 11.3. The van der Waals surface area contributed by atoms with Gasteiger partial charge in [0.25, 0.3) is 0 Å². The molecule has 2 N–H and O–H groups in total. The van der Waals surface area contributed by atoms with Crippen LogP contribution in [0.4, 0.5) is 74.6 Å². The van der Waals surface area contributed by atoms with Crippen LogP contribution in [-0.2, 0) is 0 Å². The lowest BCUT2D eigenvalue weighted by Gasteiger charge is -2.18. The molecule has 0 fully saturated rings. The van der Waals surface area contributed by atoms with Crippen LogP contribution >= 0.6 is 0 Å². The van der Waals surface area contributed by atoms with Crippen LogP contribution < -0.4 is 4.65 Å². The van der Waals surface area contributed by atoms with Gasteiger partial charge in [-0.15, -0.1) is 0 Å². The van der Waals surface area contributed by atoms with Crippen LogP contribution in [0.3, 0.4) is 0 Å². The quantitative estimate of drug-likeness (QED) is 0.0617. The molecule has 6 aromatic rings. The van der Waals surface area contributed by atoms with E-state index in [2.05, 4.69) is 4.65 Å². The van der Waals surface area contributed by atoms with Gasteiger partial charge in [-0.05, 0) is 17.2 Å². The van der Waals surface area contributed by atoms with E-state index >= 15 is 13.2 Å². The Morgan fingerprint density at radius 3 is 1.26 bits per heavy atom. The number of hydrogen-bond donors (Lipinski definition) is 2. The lowest BCUT2D eigenvalue weighted by Crippen LogP contribution is -2.23. The lowest BCUT2D eigenvalue weighted by atomic mass is 9.88. The van der Waals surface area contributed by atoms with E-state index < -0.39 is 156 Å². The zero-order valence-corrected chi connectivity index (χ0v) is 24.8. The van der Waals surface area contributed by atoms with Crippen molar-refractivity contribution in [1.82, 2.24) is 0 Å². The average molecular weight is 774 g/mol. The van der Waals surface area contributed by atoms with E-state index in [1.807, 2.05) is 0 Å². The summed E-state index contributed by atoms with van der Waals surface area (Å²) in [7, 11) is -2.70. The SMILES string of the molecule is Fc1cc(F)c(F)c(-c2ccccc2-c2c(F)c(F)c(F)c3c(F)c4c(F)c(F)c(F)c(F)c4c(F)c23)c1.OB(O)Oc1c(F)c(F)c(F)c(F)c1F. The van der Waals surface area contributed by atoms with Crippen molar-refractivity contribution in [3.63, 3.8) is 0 Å². The summed E-state index contributed by atoms with van der Waals surface area (Å²) >= 11 is 0. The molecule has 0 radical (unpaired) electrons. The molecule has 0 unspecified atom stereocenters. The van der Waals surface area contributed by atoms with Crippen LogP contribution in [0, 0.1) is 98.9 Å². The molecular weight excluding hydrogens is 766 g/mol. The van der Waals surface area contributed by atoms with Crippen molar-refractivity contribution in [3.8, 4) is 28.0 Å². The minimum atomic E-state index is -2.70. The lowest BCUT2D eigenvalue weighted by molar-refractivity contribution is 0.263. The van der Waals surface area contributed by atoms with Crippen LogP contribution in [0.25, 0.3) is 43.8 Å². The summed E-state index contributed by atoms with van der Waals surface area (Å²) in [5.74, 6) is -39.7. The maximum absolute atomic E-state index is 15.7. The minimum absolute atomic E-state index is 0.154. The van der Waals surface area contributed by atoms with Gasteiger partial charge in [-0.25, -0.2) is 65.9 Å². The molecule has 276 valence electrons. The summed E-state index contributed by atoms with van der Waals surface area (Å²) in [5.41, 5.74) is -3.78. The van der Waals surface area contributed by atoms with Gasteiger partial charge in [0.2, 0.25) is 29.1 Å². The Labute approximate surface area is 281 Å². The Morgan fingerprint density at radius 2 is 0.774 bits per heavy atom. The fourth-order valence-electron chi connectivity index (χ4n) is 5.11. The average Bonchev–Trinajstić information content (AvgIpc) is 3.12. The molecule has 0 heterocycles. The number of fused-ring (bicyclic) bond motifs is 2. The van der Waals surface area contributed by atoms with Crippen LogP contribution in [0.15, 0.2) is 36.4 Å². The van der Waals surface area contributed by atoms with Crippen molar-refractivity contribution in [1.29, 1.82) is 0 Å². The maximum atomic E-state index is 15.7. The largest absolute Gasteiger partial charge is 0.707 e. The zero-order chi connectivity index (χ0) is 39.5. The first-order valence-corrected chi connectivity index (χ1v) is 13.7. The predicted octanol–water partition coefficient (Wildman–Crippen LogP) is 9.73. The first-order valence-electron chi connectivity index (χ1n) is 13.7. The van der Waals surface area contributed by atoms with E-state index in [1.165, 1.54) is 0 Å². The fraction of sp³-hybridized carbons (Fsp3) is 0. The van der Waals surface area contributed by atoms with Crippen LogP contribution in [0.1, 0.15) is 0 Å². The van der Waals surface area contributed by atoms with E-state index in [4.69, 9.17) is 10.0 Å². The standard InChI is InChI=1S/C26H6F12.C6H2BF5O3/c27-7-5-10(17(29)11(28)6-7)8-3-1-2-4-9(8)12-13-14(21(33)24(36)20(12)32)19(31)16-15(18(13)30)22(34)25(37)26(38)23(16)35;8-1-2(9)4(11)6(15-7(13)14)5(12)3(1)10/h1-6H;13-14H. The molecule has 3 nitrogen and oxygen atoms in total. The second-order valence-electron chi connectivity index (χ2n) is 10.3. The number of benzene rings is 6. The molecule has 0 aromatic heterocycles. The van der Waals surface area contributed by atoms with Gasteiger partial charge in [0.15, 0.2) is 58.1 Å². The number of halogens is 17. The van der Waals surface area contributed by atoms with Crippen molar-refractivity contribution in [3.05, 3.63) is 135 Å². The smallest absolute Gasteiger partial charge is 0.507 e. The molecule has 0 spiro atoms. The highest BCUT2D eigenvalue weighted by atomic mass is 19.2. The molecule has 0 aliphatic carbocycles. The second kappa shape index (κ2) is 14.1. The van der Waals surface area contributed by atoms with Crippen LogP contribution in [0.2, 0.25) is 0 Å². The summed E-state index contributed by atoms with van der Waals surface area (Å²) in [6, 6.07) is 4.49. The van der Waals surface area contributed by atoms with Crippen molar-refractivity contribution >= 4 is 28.9 Å². The molecule has 0 aliphatic heterocycles. The van der Waals surface area contributed by atoms with Gasteiger partial charge in [-0.2, -0.15) is 8.78 Å². The number of rotatable bonds is 4. The molecule has 0 saturated heterocycles. The van der Waals surface area contributed by atoms with E-state index in [0.29, 0.717) is 6.07 Å². The molecule has 0 bridgehead atoms. The Kier molecular flexibility index (Phi) is 10.3. The first kappa shape index (κ1) is 38.7. The Balaban J connectivity index is 0.000000303. The number of hydrogen-bond acceptors (Lipinski definition) is 3. The summed E-state index contributed by atoms with van der Waals surface area (Å²) < 4.78 is 241. The third-order valence-electron chi connectivity index (χ3n) is 7.34. The van der Waals surface area contributed by atoms with Crippen molar-refractivity contribution in [2.75, 3.05) is 0 Å². The highest BCUT2D eigenvalue weighted by Crippen LogP contribution is 2.46. The Morgan fingerprint density at radius 1 is 0.377 bits per heavy atom. The zero-order valence-electron chi connectivity index (χ0n) is 24.8. The fourth-order valence-corrected chi connectivity index (χ4v) is 5.11. The maximum Gasteiger partial charge on any atom is 0.707 e. The highest BCUT2D eigenvalue weighted by molar-refractivity contribution is 6.33. The summed E-state index contributed by atoms with van der Waals surface area (Å²) in [6.07, 6.45) is 0. The van der Waals surface area contributed by atoms with Gasteiger partial charge in [0.05, 0.1) is 16.2 Å². The molecular formula is C32H8BF17O3. The van der Waals surface area contributed by atoms with E-state index in [1.54, 1.807) is 0 Å². The summed E-state index contributed by atoms with van der Waals surface area (Å²) in [6.45, 7) is 0. The molecule has 21 heteroatoms. The minimum Gasteiger partial charge on any atom is -0.507 e. The molecule has 53 heavy (non-hydrogen) atoms. The Hall–Kier alpha value is -5.57. The molecule has 0 saturated carbocycles. The third kappa shape index (κ3) is 6.22. The monoisotopic (exact) mass is 774 g/mol. The predicted molar refractivity (Wildman–Crippen MR) is 149 cm³/mol. The van der Waals surface area contributed by atoms with Gasteiger partial charge < -0.3 is 14.7 Å². The van der Waals surface area contributed by atoms with E-state index in [0.717, 1.165) is 24.3 Å². The third-order valence-corrected chi connectivity index (χ3v) is 7.34. The van der Waals surface area contributed by atoms with Gasteiger partial charge >= 0.3 is 7.32 Å². The topological polar surface area (TPSA) is 49.7 Å². The summed E-state index contributed by atoms with van der Waals surface area (Å²) in [4.78, 5) is 0. The van der Waals surface area contributed by atoms with Gasteiger partial charge in [0.1, 0.15) is 17.5 Å². The highest BCUT2D eigenvalue weighted by Gasteiger charge is 2.34. The van der Waals surface area contributed by atoms with E-state index in [-0.39, 0.29) is 6.07 Å². The van der Waals surface area contributed by atoms with Gasteiger partial charge in [-0.3, -0.25) is 0 Å². The van der Waals surface area contributed by atoms with Gasteiger partial charge in [-0.1, -0.05) is 24.3 Å². The van der Waals surface area contributed by atoms with E-state index in [9.17, 15) is 61.5 Å². The van der Waals surface area contributed by atoms with Crippen molar-refractivity contribution in [2.45, 2.75) is 0 Å². The molecule has 0 amide bonds. The summed E-state index contributed by atoms with van der Waals surface area (Å²) in [5, 5.41) is 9.06. The Bertz CT molecular complexity index is 2480. The van der Waals surface area contributed by atoms with Crippen LogP contribution in [0.5, 0.6) is 5.75 Å². The molecule has 0 aliphatic rings.